The number of aryl methyl sites for hydroxylation is 1. The summed E-state index contributed by atoms with van der Waals surface area (Å²) in [6, 6.07) is 10.8. The van der Waals surface area contributed by atoms with Gasteiger partial charge in [0, 0.05) is 30.1 Å². The molecule has 7 nitrogen and oxygen atoms in total. The van der Waals surface area contributed by atoms with Crippen LogP contribution in [0.25, 0.3) is 0 Å². The normalized spacial score (nSPS) is 17.5. The van der Waals surface area contributed by atoms with Crippen LogP contribution in [-0.4, -0.2) is 41.6 Å². The number of nitrogens with zero attached hydrogens (tertiary/aromatic N) is 1. The molecule has 0 radical (unpaired) electrons. The van der Waals surface area contributed by atoms with Gasteiger partial charge in [-0.05, 0) is 67.6 Å². The summed E-state index contributed by atoms with van der Waals surface area (Å²) >= 11 is 0. The fraction of sp³-hybridized carbons (Fsp3) is 0.409. The second kappa shape index (κ2) is 8.37. The molecule has 1 saturated carbocycles. The van der Waals surface area contributed by atoms with Gasteiger partial charge >= 0.3 is 0 Å². The molecule has 2 aliphatic rings. The van der Waals surface area contributed by atoms with Gasteiger partial charge in [-0.2, -0.15) is 0 Å². The molecular formula is C22H26N2O5S2. The van der Waals surface area contributed by atoms with Crippen molar-refractivity contribution in [3.05, 3.63) is 53.6 Å². The third kappa shape index (κ3) is 4.68. The highest BCUT2D eigenvalue weighted by Gasteiger charge is 2.27. The highest BCUT2D eigenvalue weighted by atomic mass is 32.2. The number of anilines is 1. The van der Waals surface area contributed by atoms with Crippen LogP contribution < -0.4 is 9.62 Å². The number of amides is 1. The van der Waals surface area contributed by atoms with Gasteiger partial charge in [0.05, 0.1) is 9.79 Å². The van der Waals surface area contributed by atoms with Crippen LogP contribution in [0.3, 0.4) is 0 Å². The molecule has 4 rings (SSSR count). The van der Waals surface area contributed by atoms with Crippen LogP contribution in [0, 0.1) is 0 Å². The Morgan fingerprint density at radius 2 is 1.71 bits per heavy atom. The number of carbonyl (C=O) groups is 1. The minimum absolute atomic E-state index is 0.0534. The smallest absolute Gasteiger partial charge is 0.258 e. The Morgan fingerprint density at radius 1 is 0.968 bits per heavy atom. The lowest BCUT2D eigenvalue weighted by Crippen LogP contribution is -2.36. The van der Waals surface area contributed by atoms with Crippen molar-refractivity contribution >= 4 is 31.5 Å². The Kier molecular flexibility index (Phi) is 5.93. The van der Waals surface area contributed by atoms with Gasteiger partial charge in [-0.25, -0.2) is 21.6 Å². The fourth-order valence-corrected chi connectivity index (χ4v) is 6.32. The summed E-state index contributed by atoms with van der Waals surface area (Å²) in [7, 11) is -7.04. The molecule has 0 bridgehead atoms. The van der Waals surface area contributed by atoms with E-state index in [2.05, 4.69) is 4.72 Å². The average Bonchev–Trinajstić information content (AvgIpc) is 3.24. The van der Waals surface area contributed by atoms with Gasteiger partial charge in [-0.15, -0.1) is 0 Å². The van der Waals surface area contributed by atoms with E-state index in [0.29, 0.717) is 25.1 Å². The van der Waals surface area contributed by atoms with E-state index < -0.39 is 19.9 Å². The molecule has 0 aromatic heterocycles. The highest BCUT2D eigenvalue weighted by Crippen LogP contribution is 2.31. The molecule has 0 atom stereocenters. The van der Waals surface area contributed by atoms with Crippen molar-refractivity contribution in [1.29, 1.82) is 0 Å². The average molecular weight is 463 g/mol. The largest absolute Gasteiger partial charge is 0.308 e. The summed E-state index contributed by atoms with van der Waals surface area (Å²) in [6.07, 6.45) is 6.24. The number of fused-ring (bicyclic) bond motifs is 1. The first-order chi connectivity index (χ1) is 14.6. The Bertz CT molecular complexity index is 1220. The predicted octanol–water partition coefficient (Wildman–Crippen LogP) is 2.90. The molecule has 1 N–H and O–H groups in total. The van der Waals surface area contributed by atoms with E-state index >= 15 is 0 Å². The molecular weight excluding hydrogens is 436 g/mol. The highest BCUT2D eigenvalue weighted by molar-refractivity contribution is 7.90. The van der Waals surface area contributed by atoms with Gasteiger partial charge in [-0.3, -0.25) is 4.79 Å². The molecule has 1 amide bonds. The number of carbonyl (C=O) groups excluding carboxylic acids is 1. The summed E-state index contributed by atoms with van der Waals surface area (Å²) in [6.45, 7) is 0.487. The number of hydrogen-bond donors (Lipinski definition) is 1. The molecule has 0 saturated heterocycles. The first kappa shape index (κ1) is 22.0. The van der Waals surface area contributed by atoms with Crippen molar-refractivity contribution in [3.8, 4) is 0 Å². The Balaban J connectivity index is 1.62. The van der Waals surface area contributed by atoms with Crippen molar-refractivity contribution in [2.24, 2.45) is 0 Å². The lowest BCUT2D eigenvalue weighted by atomic mass is 10.0. The minimum Gasteiger partial charge on any atom is -0.308 e. The molecule has 1 fully saturated rings. The van der Waals surface area contributed by atoms with Gasteiger partial charge in [0.15, 0.2) is 9.84 Å². The fourth-order valence-electron chi connectivity index (χ4n) is 4.30. The van der Waals surface area contributed by atoms with Crippen LogP contribution in [-0.2, 0) is 26.3 Å². The van der Waals surface area contributed by atoms with E-state index in [1.54, 1.807) is 29.2 Å². The van der Waals surface area contributed by atoms with Gasteiger partial charge in [0.2, 0.25) is 10.0 Å². The van der Waals surface area contributed by atoms with Crippen LogP contribution in [0.4, 0.5) is 5.69 Å². The quantitative estimate of drug-likeness (QED) is 0.736. The molecule has 9 heteroatoms. The third-order valence-electron chi connectivity index (χ3n) is 5.91. The zero-order chi connectivity index (χ0) is 22.2. The Hall–Kier alpha value is -2.23. The molecule has 1 heterocycles. The van der Waals surface area contributed by atoms with Crippen LogP contribution >= 0.6 is 0 Å². The molecule has 1 aliphatic carbocycles. The second-order valence-corrected chi connectivity index (χ2v) is 12.0. The van der Waals surface area contributed by atoms with Crippen molar-refractivity contribution in [3.63, 3.8) is 0 Å². The van der Waals surface area contributed by atoms with Gasteiger partial charge in [-0.1, -0.05) is 18.9 Å². The number of sulfonamides is 1. The van der Waals surface area contributed by atoms with Crippen molar-refractivity contribution in [2.45, 2.75) is 54.4 Å². The maximum atomic E-state index is 13.3. The molecule has 1 aliphatic heterocycles. The molecule has 0 spiro atoms. The number of rotatable bonds is 5. The Labute approximate surface area is 183 Å². The summed E-state index contributed by atoms with van der Waals surface area (Å²) in [5.41, 5.74) is 1.75. The number of benzene rings is 2. The van der Waals surface area contributed by atoms with Crippen LogP contribution in [0.5, 0.6) is 0 Å². The Morgan fingerprint density at radius 3 is 2.42 bits per heavy atom. The van der Waals surface area contributed by atoms with E-state index in [9.17, 15) is 21.6 Å². The van der Waals surface area contributed by atoms with Crippen LogP contribution in [0.2, 0.25) is 0 Å². The first-order valence-electron chi connectivity index (χ1n) is 10.4. The third-order valence-corrected chi connectivity index (χ3v) is 8.54. The zero-order valence-corrected chi connectivity index (χ0v) is 19.0. The maximum Gasteiger partial charge on any atom is 0.258 e. The van der Waals surface area contributed by atoms with Crippen LogP contribution in [0.1, 0.15) is 48.0 Å². The monoisotopic (exact) mass is 462 g/mol. The second-order valence-electron chi connectivity index (χ2n) is 8.25. The lowest BCUT2D eigenvalue weighted by molar-refractivity contribution is 0.0985. The van der Waals surface area contributed by atoms with E-state index in [1.165, 1.54) is 18.2 Å². The van der Waals surface area contributed by atoms with Crippen LogP contribution in [0.15, 0.2) is 52.3 Å². The SMILES string of the molecule is CS(=O)(=O)c1ccc2c(c1)CCCN2C(=O)c1cccc(S(=O)(=O)NC2CCCC2)c1. The van der Waals surface area contributed by atoms with E-state index in [-0.39, 0.29) is 27.3 Å². The number of hydrogen-bond acceptors (Lipinski definition) is 5. The standard InChI is InChI=1S/C22H26N2O5S2/c1-30(26,27)19-11-12-21-16(14-19)7-5-13-24(21)22(25)17-6-4-10-20(15-17)31(28,29)23-18-8-2-3-9-18/h4,6,10-12,14-15,18,23H,2-3,5,7-9,13H2,1H3. The predicted molar refractivity (Wildman–Crippen MR) is 119 cm³/mol. The number of sulfone groups is 1. The molecule has 0 unspecified atom stereocenters. The number of nitrogens with one attached hydrogen (secondary N) is 1. The van der Waals surface area contributed by atoms with Crippen molar-refractivity contribution in [1.82, 2.24) is 4.72 Å². The van der Waals surface area contributed by atoms with Gasteiger partial charge in [0.1, 0.15) is 0 Å². The lowest BCUT2D eigenvalue weighted by Gasteiger charge is -2.30. The molecule has 2 aromatic carbocycles. The topological polar surface area (TPSA) is 101 Å². The van der Waals surface area contributed by atoms with E-state index in [4.69, 9.17) is 0 Å². The van der Waals surface area contributed by atoms with Crippen molar-refractivity contribution in [2.75, 3.05) is 17.7 Å². The summed E-state index contributed by atoms with van der Waals surface area (Å²) in [5.74, 6) is -0.300. The van der Waals surface area contributed by atoms with E-state index in [1.807, 2.05) is 0 Å². The molecule has 2 aromatic rings. The summed E-state index contributed by atoms with van der Waals surface area (Å²) < 4.78 is 52.0. The summed E-state index contributed by atoms with van der Waals surface area (Å²) in [4.78, 5) is 15.2. The maximum absolute atomic E-state index is 13.3. The minimum atomic E-state index is -3.70. The molecule has 31 heavy (non-hydrogen) atoms. The van der Waals surface area contributed by atoms with E-state index in [0.717, 1.165) is 37.5 Å². The zero-order valence-electron chi connectivity index (χ0n) is 17.4. The first-order valence-corrected chi connectivity index (χ1v) is 13.8. The van der Waals surface area contributed by atoms with Gasteiger partial charge < -0.3 is 4.90 Å². The molecule has 166 valence electrons. The van der Waals surface area contributed by atoms with Crippen molar-refractivity contribution < 1.29 is 21.6 Å². The van der Waals surface area contributed by atoms with Gasteiger partial charge in [0.25, 0.3) is 5.91 Å². The summed E-state index contributed by atoms with van der Waals surface area (Å²) in [5, 5.41) is 0.